The quantitative estimate of drug-likeness (QED) is 0.451. The van der Waals surface area contributed by atoms with Crippen molar-refractivity contribution in [3.63, 3.8) is 0 Å². The van der Waals surface area contributed by atoms with Gasteiger partial charge in [-0.3, -0.25) is 19.7 Å². The van der Waals surface area contributed by atoms with E-state index in [0.717, 1.165) is 12.5 Å². The first-order chi connectivity index (χ1) is 8.06. The molecule has 1 amide bonds. The number of hydrogen-bond acceptors (Lipinski definition) is 4. The molecular weight excluding hydrogens is 224 g/mol. The predicted molar refractivity (Wildman–Crippen MR) is 60.1 cm³/mol. The molecule has 0 N–H and O–H groups in total. The molecule has 1 aromatic rings. The molecule has 0 aromatic heterocycles. The number of benzene rings is 1. The molecular formula is C11H10N2O4. The van der Waals surface area contributed by atoms with Gasteiger partial charge in [0, 0.05) is 18.7 Å². The monoisotopic (exact) mass is 234 g/mol. The van der Waals surface area contributed by atoms with Gasteiger partial charge < -0.3 is 4.90 Å². The van der Waals surface area contributed by atoms with Gasteiger partial charge in [0.15, 0.2) is 0 Å². The molecule has 1 heterocycles. The lowest BCUT2D eigenvalue weighted by Crippen LogP contribution is -2.30. The molecule has 6 heteroatoms. The molecule has 0 spiro atoms. The summed E-state index contributed by atoms with van der Waals surface area (Å²) < 4.78 is 0. The van der Waals surface area contributed by atoms with E-state index in [1.54, 1.807) is 0 Å². The van der Waals surface area contributed by atoms with Crippen molar-refractivity contribution in [2.75, 3.05) is 11.4 Å². The van der Waals surface area contributed by atoms with Crippen LogP contribution in [-0.4, -0.2) is 23.2 Å². The van der Waals surface area contributed by atoms with E-state index in [2.05, 4.69) is 0 Å². The van der Waals surface area contributed by atoms with E-state index >= 15 is 0 Å². The van der Waals surface area contributed by atoms with Crippen molar-refractivity contribution in [2.24, 2.45) is 0 Å². The van der Waals surface area contributed by atoms with Crippen LogP contribution in [-0.2, 0) is 4.79 Å². The molecule has 17 heavy (non-hydrogen) atoms. The number of nitro groups is 1. The largest absolute Gasteiger partial charge is 0.305 e. The highest BCUT2D eigenvalue weighted by molar-refractivity contribution is 6.52. The van der Waals surface area contributed by atoms with E-state index in [1.165, 1.54) is 17.0 Å². The van der Waals surface area contributed by atoms with Crippen molar-refractivity contribution in [3.05, 3.63) is 33.9 Å². The fraction of sp³-hybridized carbons (Fsp3) is 0.273. The van der Waals surface area contributed by atoms with Gasteiger partial charge in [0.25, 0.3) is 17.4 Å². The number of carbonyl (C=O) groups excluding carboxylic acids is 2. The third-order valence-corrected chi connectivity index (χ3v) is 2.61. The number of carbonyl (C=O) groups is 2. The highest BCUT2D eigenvalue weighted by Gasteiger charge is 2.36. The van der Waals surface area contributed by atoms with E-state index in [4.69, 9.17) is 0 Å². The molecule has 6 nitrogen and oxygen atoms in total. The third kappa shape index (κ3) is 1.67. The zero-order valence-electron chi connectivity index (χ0n) is 9.17. The predicted octanol–water partition coefficient (Wildman–Crippen LogP) is 1.53. The Kier molecular flexibility index (Phi) is 2.63. The summed E-state index contributed by atoms with van der Waals surface area (Å²) in [7, 11) is 0. The van der Waals surface area contributed by atoms with Gasteiger partial charge in [0.1, 0.15) is 0 Å². The highest BCUT2D eigenvalue weighted by atomic mass is 16.6. The Bertz CT molecular complexity index is 524. The first-order valence-corrected chi connectivity index (χ1v) is 5.21. The van der Waals surface area contributed by atoms with Crippen molar-refractivity contribution >= 4 is 23.1 Å². The fourth-order valence-corrected chi connectivity index (χ4v) is 1.85. The standard InChI is InChI=1S/C11H10N2O4/c1-2-5-12-9-4-3-7(13(16)17)6-8(9)10(14)11(12)15/h3-4,6H,2,5H2,1H3. The summed E-state index contributed by atoms with van der Waals surface area (Å²) in [4.78, 5) is 34.7. The van der Waals surface area contributed by atoms with E-state index in [0.29, 0.717) is 12.2 Å². The molecule has 0 radical (unpaired) electrons. The van der Waals surface area contributed by atoms with Gasteiger partial charge in [-0.25, -0.2) is 0 Å². The second-order valence-corrected chi connectivity index (χ2v) is 3.74. The van der Waals surface area contributed by atoms with E-state index in [1.807, 2.05) is 6.92 Å². The first kappa shape index (κ1) is 11.3. The minimum absolute atomic E-state index is 0.123. The van der Waals surface area contributed by atoms with Gasteiger partial charge in [-0.05, 0) is 12.5 Å². The highest BCUT2D eigenvalue weighted by Crippen LogP contribution is 2.31. The second kappa shape index (κ2) is 3.97. The summed E-state index contributed by atoms with van der Waals surface area (Å²) in [5.41, 5.74) is 0.411. The zero-order valence-corrected chi connectivity index (χ0v) is 9.17. The minimum atomic E-state index is -0.669. The molecule has 1 aliphatic heterocycles. The van der Waals surface area contributed by atoms with Crippen LogP contribution in [0.2, 0.25) is 0 Å². The van der Waals surface area contributed by atoms with Gasteiger partial charge in [-0.2, -0.15) is 0 Å². The fourth-order valence-electron chi connectivity index (χ4n) is 1.85. The SMILES string of the molecule is CCCN1C(=O)C(=O)c2cc([N+](=O)[O-])ccc21. The van der Waals surface area contributed by atoms with Crippen LogP contribution in [0, 0.1) is 10.1 Å². The van der Waals surface area contributed by atoms with Crippen LogP contribution in [0.1, 0.15) is 23.7 Å². The number of hydrogen-bond donors (Lipinski definition) is 0. The number of Topliss-reactive ketones (excluding diaryl/α,β-unsaturated/α-hetero) is 1. The minimum Gasteiger partial charge on any atom is -0.305 e. The zero-order chi connectivity index (χ0) is 12.6. The number of fused-ring (bicyclic) bond motifs is 1. The summed E-state index contributed by atoms with van der Waals surface area (Å²) in [5, 5.41) is 10.6. The van der Waals surface area contributed by atoms with E-state index in [9.17, 15) is 19.7 Å². The lowest BCUT2D eigenvalue weighted by molar-refractivity contribution is -0.384. The number of amides is 1. The number of rotatable bonds is 3. The van der Waals surface area contributed by atoms with Crippen molar-refractivity contribution < 1.29 is 14.5 Å². The van der Waals surface area contributed by atoms with Gasteiger partial charge in [0.05, 0.1) is 16.2 Å². The Labute approximate surface area is 97.0 Å². The van der Waals surface area contributed by atoms with Crippen LogP contribution in [0.25, 0.3) is 0 Å². The number of nitrogens with zero attached hydrogens (tertiary/aromatic N) is 2. The van der Waals surface area contributed by atoms with Crippen LogP contribution in [0.5, 0.6) is 0 Å². The topological polar surface area (TPSA) is 80.5 Å². The van der Waals surface area contributed by atoms with Crippen LogP contribution in [0.4, 0.5) is 11.4 Å². The average molecular weight is 234 g/mol. The van der Waals surface area contributed by atoms with Gasteiger partial charge in [-0.1, -0.05) is 6.92 Å². The van der Waals surface area contributed by atoms with Crippen molar-refractivity contribution in [3.8, 4) is 0 Å². The normalized spacial score (nSPS) is 14.1. The molecule has 1 aliphatic rings. The van der Waals surface area contributed by atoms with Crippen molar-refractivity contribution in [1.29, 1.82) is 0 Å². The second-order valence-electron chi connectivity index (χ2n) is 3.74. The molecule has 0 bridgehead atoms. The van der Waals surface area contributed by atoms with Crippen LogP contribution in [0.3, 0.4) is 0 Å². The molecule has 0 fully saturated rings. The Hall–Kier alpha value is -2.24. The molecule has 0 unspecified atom stereocenters. The molecule has 1 aromatic carbocycles. The van der Waals surface area contributed by atoms with Crippen LogP contribution in [0.15, 0.2) is 18.2 Å². The third-order valence-electron chi connectivity index (χ3n) is 2.61. The van der Waals surface area contributed by atoms with E-state index in [-0.39, 0.29) is 11.3 Å². The van der Waals surface area contributed by atoms with Gasteiger partial charge in [-0.15, -0.1) is 0 Å². The first-order valence-electron chi connectivity index (χ1n) is 5.21. The summed E-state index contributed by atoms with van der Waals surface area (Å²) >= 11 is 0. The molecule has 0 saturated carbocycles. The number of anilines is 1. The maximum atomic E-state index is 11.6. The summed E-state index contributed by atoms with van der Waals surface area (Å²) in [5.74, 6) is -1.28. The smallest absolute Gasteiger partial charge is 0.299 e. The van der Waals surface area contributed by atoms with Crippen LogP contribution >= 0.6 is 0 Å². The average Bonchev–Trinajstić information content (AvgIpc) is 2.54. The Morgan fingerprint density at radius 2 is 2.06 bits per heavy atom. The Morgan fingerprint density at radius 3 is 2.65 bits per heavy atom. The van der Waals surface area contributed by atoms with Crippen molar-refractivity contribution in [2.45, 2.75) is 13.3 Å². The maximum absolute atomic E-state index is 11.6. The van der Waals surface area contributed by atoms with Crippen molar-refractivity contribution in [1.82, 2.24) is 0 Å². The van der Waals surface area contributed by atoms with Gasteiger partial charge >= 0.3 is 0 Å². The van der Waals surface area contributed by atoms with Gasteiger partial charge in [0.2, 0.25) is 0 Å². The molecule has 2 rings (SSSR count). The molecule has 0 aliphatic carbocycles. The Balaban J connectivity index is 2.51. The molecule has 0 saturated heterocycles. The Morgan fingerprint density at radius 1 is 1.35 bits per heavy atom. The number of nitro benzene ring substituents is 1. The lowest BCUT2D eigenvalue weighted by Gasteiger charge is -2.14. The van der Waals surface area contributed by atoms with E-state index < -0.39 is 16.6 Å². The lowest BCUT2D eigenvalue weighted by atomic mass is 10.1. The summed E-state index contributed by atoms with van der Waals surface area (Å²) in [6, 6.07) is 3.91. The summed E-state index contributed by atoms with van der Waals surface area (Å²) in [6.45, 7) is 2.33. The number of ketones is 1. The van der Waals surface area contributed by atoms with Crippen LogP contribution < -0.4 is 4.90 Å². The maximum Gasteiger partial charge on any atom is 0.299 e. The molecule has 88 valence electrons. The summed E-state index contributed by atoms with van der Waals surface area (Å²) in [6.07, 6.45) is 0.718. The molecule has 0 atom stereocenters. The number of non-ortho nitro benzene ring substituents is 1.